The molecule has 4 heteroatoms. The first-order chi connectivity index (χ1) is 10.4. The maximum Gasteiger partial charge on any atom is 0.224 e. The van der Waals surface area contributed by atoms with Gasteiger partial charge in [0.15, 0.2) is 0 Å². The van der Waals surface area contributed by atoms with Crippen molar-refractivity contribution >= 4 is 11.6 Å². The summed E-state index contributed by atoms with van der Waals surface area (Å²) >= 11 is 0. The Labute approximate surface area is 133 Å². The monoisotopic (exact) mass is 304 g/mol. The van der Waals surface area contributed by atoms with Crippen molar-refractivity contribution in [3.8, 4) is 0 Å². The van der Waals surface area contributed by atoms with Crippen LogP contribution in [0, 0.1) is 5.41 Å². The minimum Gasteiger partial charge on any atom is -0.399 e. The molecule has 1 aromatic rings. The van der Waals surface area contributed by atoms with E-state index in [0.29, 0.717) is 6.42 Å². The number of carbonyl (C=O) groups excluding carboxylic acids is 1. The van der Waals surface area contributed by atoms with Crippen LogP contribution in [-0.4, -0.2) is 24.7 Å². The van der Waals surface area contributed by atoms with Gasteiger partial charge in [0.05, 0.1) is 12.5 Å². The highest BCUT2D eigenvalue weighted by atomic mass is 16.5. The Bertz CT molecular complexity index is 496. The number of nitrogens with two attached hydrogens (primary N) is 1. The lowest BCUT2D eigenvalue weighted by molar-refractivity contribution is -0.137. The molecule has 2 rings (SSSR count). The molecule has 1 aliphatic carbocycles. The van der Waals surface area contributed by atoms with Crippen LogP contribution in [0.15, 0.2) is 24.3 Å². The Morgan fingerprint density at radius 2 is 2.05 bits per heavy atom. The molecular weight excluding hydrogens is 276 g/mol. The van der Waals surface area contributed by atoms with Gasteiger partial charge in [0, 0.05) is 23.8 Å². The molecule has 0 saturated heterocycles. The van der Waals surface area contributed by atoms with Crippen molar-refractivity contribution in [2.24, 2.45) is 5.41 Å². The van der Waals surface area contributed by atoms with Crippen molar-refractivity contribution in [3.05, 3.63) is 29.8 Å². The molecule has 22 heavy (non-hydrogen) atoms. The van der Waals surface area contributed by atoms with Gasteiger partial charge in [-0.05, 0) is 30.5 Å². The number of anilines is 1. The van der Waals surface area contributed by atoms with Gasteiger partial charge in [0.1, 0.15) is 0 Å². The van der Waals surface area contributed by atoms with Crippen LogP contribution in [0.1, 0.15) is 45.6 Å². The molecule has 0 radical (unpaired) electrons. The van der Waals surface area contributed by atoms with E-state index in [1.165, 1.54) is 0 Å². The molecule has 4 nitrogen and oxygen atoms in total. The van der Waals surface area contributed by atoms with E-state index >= 15 is 0 Å². The van der Waals surface area contributed by atoms with Crippen LogP contribution in [0.2, 0.25) is 0 Å². The van der Waals surface area contributed by atoms with E-state index in [1.807, 2.05) is 24.3 Å². The highest BCUT2D eigenvalue weighted by Crippen LogP contribution is 2.42. The summed E-state index contributed by atoms with van der Waals surface area (Å²) in [6.07, 6.45) is 3.80. The second-order valence-electron chi connectivity index (χ2n) is 6.81. The van der Waals surface area contributed by atoms with Crippen LogP contribution < -0.4 is 11.1 Å². The molecule has 0 spiro atoms. The van der Waals surface area contributed by atoms with E-state index in [4.69, 9.17) is 10.5 Å². The van der Waals surface area contributed by atoms with E-state index in [-0.39, 0.29) is 23.5 Å². The molecule has 0 aromatic heterocycles. The summed E-state index contributed by atoms with van der Waals surface area (Å²) in [4.78, 5) is 12.2. The number of amides is 1. The van der Waals surface area contributed by atoms with E-state index in [2.05, 4.69) is 26.1 Å². The quantitative estimate of drug-likeness (QED) is 0.601. The van der Waals surface area contributed by atoms with Crippen molar-refractivity contribution in [1.29, 1.82) is 0 Å². The topological polar surface area (TPSA) is 64.3 Å². The zero-order valence-electron chi connectivity index (χ0n) is 13.9. The van der Waals surface area contributed by atoms with Crippen LogP contribution in [0.4, 0.5) is 5.69 Å². The number of carbonyl (C=O) groups is 1. The molecule has 0 heterocycles. The highest BCUT2D eigenvalue weighted by molar-refractivity contribution is 5.79. The maximum atomic E-state index is 12.2. The minimum atomic E-state index is 0.00448. The summed E-state index contributed by atoms with van der Waals surface area (Å²) in [6, 6.07) is 7.65. The van der Waals surface area contributed by atoms with Crippen LogP contribution in [0.25, 0.3) is 0 Å². The van der Waals surface area contributed by atoms with Gasteiger partial charge in [-0.25, -0.2) is 0 Å². The molecular formula is C18H28N2O2. The number of nitrogen functional groups attached to an aromatic ring is 1. The highest BCUT2D eigenvalue weighted by Gasteiger charge is 2.49. The second-order valence-corrected chi connectivity index (χ2v) is 6.81. The van der Waals surface area contributed by atoms with Crippen LogP contribution in [0.3, 0.4) is 0 Å². The number of unbranched alkanes of at least 4 members (excludes halogenated alkanes) is 1. The van der Waals surface area contributed by atoms with Gasteiger partial charge in [0.2, 0.25) is 5.91 Å². The van der Waals surface area contributed by atoms with Crippen LogP contribution in [0.5, 0.6) is 0 Å². The standard InChI is InChI=1S/C18H28N2O2/c1-4-5-10-22-16-12-15(18(16,2)3)20-17(21)11-13-6-8-14(19)9-7-13/h6-9,15-16H,4-5,10-12,19H2,1-3H3,(H,20,21)/t15-,16+/m1/s1. The van der Waals surface area contributed by atoms with E-state index in [1.54, 1.807) is 0 Å². The molecule has 1 amide bonds. The third-order valence-electron chi connectivity index (χ3n) is 4.67. The van der Waals surface area contributed by atoms with Crippen LogP contribution in [-0.2, 0) is 16.0 Å². The first-order valence-corrected chi connectivity index (χ1v) is 8.19. The Kier molecular flexibility index (Phi) is 5.46. The van der Waals surface area contributed by atoms with E-state index in [0.717, 1.165) is 37.1 Å². The number of hydrogen-bond acceptors (Lipinski definition) is 3. The summed E-state index contributed by atoms with van der Waals surface area (Å²) in [5.74, 6) is 0.0647. The van der Waals surface area contributed by atoms with Crippen molar-refractivity contribution in [2.75, 3.05) is 12.3 Å². The van der Waals surface area contributed by atoms with Gasteiger partial charge in [0.25, 0.3) is 0 Å². The van der Waals surface area contributed by atoms with Crippen molar-refractivity contribution in [3.63, 3.8) is 0 Å². The minimum absolute atomic E-state index is 0.00448. The molecule has 0 aliphatic heterocycles. The molecule has 3 N–H and O–H groups in total. The predicted molar refractivity (Wildman–Crippen MR) is 89.5 cm³/mol. The Balaban J connectivity index is 1.79. The Morgan fingerprint density at radius 3 is 2.64 bits per heavy atom. The summed E-state index contributed by atoms with van der Waals surface area (Å²) in [5.41, 5.74) is 7.36. The largest absolute Gasteiger partial charge is 0.399 e. The molecule has 0 unspecified atom stereocenters. The molecule has 0 bridgehead atoms. The lowest BCUT2D eigenvalue weighted by atomic mass is 9.64. The van der Waals surface area contributed by atoms with Gasteiger partial charge in [-0.2, -0.15) is 0 Å². The van der Waals surface area contributed by atoms with Crippen molar-refractivity contribution < 1.29 is 9.53 Å². The number of hydrogen-bond donors (Lipinski definition) is 2. The van der Waals surface area contributed by atoms with Crippen molar-refractivity contribution in [2.45, 2.75) is 58.6 Å². The zero-order chi connectivity index (χ0) is 16.2. The molecule has 1 aromatic carbocycles. The Morgan fingerprint density at radius 1 is 1.36 bits per heavy atom. The van der Waals surface area contributed by atoms with Gasteiger partial charge < -0.3 is 15.8 Å². The summed E-state index contributed by atoms with van der Waals surface area (Å²) in [5, 5.41) is 3.14. The number of benzene rings is 1. The molecule has 1 fully saturated rings. The molecule has 1 saturated carbocycles. The van der Waals surface area contributed by atoms with Crippen molar-refractivity contribution in [1.82, 2.24) is 5.32 Å². The summed E-state index contributed by atoms with van der Waals surface area (Å²) in [6.45, 7) is 7.31. The van der Waals surface area contributed by atoms with Gasteiger partial charge in [-0.15, -0.1) is 0 Å². The first kappa shape index (κ1) is 16.8. The normalized spacial score (nSPS) is 22.9. The fraction of sp³-hybridized carbons (Fsp3) is 0.611. The lowest BCUT2D eigenvalue weighted by Crippen LogP contribution is -2.62. The van der Waals surface area contributed by atoms with Gasteiger partial charge in [-0.1, -0.05) is 39.3 Å². The number of ether oxygens (including phenoxy) is 1. The fourth-order valence-electron chi connectivity index (χ4n) is 2.85. The van der Waals surface area contributed by atoms with Gasteiger partial charge in [-0.3, -0.25) is 4.79 Å². The maximum absolute atomic E-state index is 12.2. The molecule has 2 atom stereocenters. The Hall–Kier alpha value is -1.55. The second kappa shape index (κ2) is 7.14. The zero-order valence-corrected chi connectivity index (χ0v) is 13.9. The predicted octanol–water partition coefficient (Wildman–Crippen LogP) is 2.91. The van der Waals surface area contributed by atoms with E-state index < -0.39 is 0 Å². The van der Waals surface area contributed by atoms with E-state index in [9.17, 15) is 4.79 Å². The average Bonchev–Trinajstić information content (AvgIpc) is 2.48. The average molecular weight is 304 g/mol. The smallest absolute Gasteiger partial charge is 0.224 e. The third-order valence-corrected chi connectivity index (χ3v) is 4.67. The summed E-state index contributed by atoms with van der Waals surface area (Å²) in [7, 11) is 0. The number of nitrogens with one attached hydrogen (secondary N) is 1. The summed E-state index contributed by atoms with van der Waals surface area (Å²) < 4.78 is 5.91. The lowest BCUT2D eigenvalue weighted by Gasteiger charge is -2.51. The SMILES string of the molecule is CCCCO[C@H]1C[C@@H](NC(=O)Cc2ccc(N)cc2)C1(C)C. The molecule has 122 valence electrons. The first-order valence-electron chi connectivity index (χ1n) is 8.19. The number of rotatable bonds is 7. The molecule has 1 aliphatic rings. The van der Waals surface area contributed by atoms with Crippen LogP contribution >= 0.6 is 0 Å². The van der Waals surface area contributed by atoms with Gasteiger partial charge >= 0.3 is 0 Å². The fourth-order valence-corrected chi connectivity index (χ4v) is 2.85. The third kappa shape index (κ3) is 4.01.